The maximum atomic E-state index is 12.1. The fraction of sp³-hybridized carbons (Fsp3) is 0.500. The van der Waals surface area contributed by atoms with Crippen LogP contribution in [0.25, 0.3) is 0 Å². The molecular weight excluding hydrogens is 260 g/mol. The maximum absolute atomic E-state index is 12.1. The van der Waals surface area contributed by atoms with Crippen LogP contribution in [-0.2, 0) is 10.0 Å². The first kappa shape index (κ1) is 12.7. The van der Waals surface area contributed by atoms with Crippen LogP contribution in [0.15, 0.2) is 33.6 Å². The second-order valence-corrected chi connectivity index (χ2v) is 7.65. The molecular formula is C14H18N2O2S. The number of likely N-dealkylation sites (tertiary alicyclic amines) is 1. The molecule has 1 aromatic rings. The third-order valence-corrected chi connectivity index (χ3v) is 5.14. The molecule has 2 aliphatic heterocycles. The lowest BCUT2D eigenvalue weighted by atomic mass is 9.84. The number of sulfonamides is 1. The van der Waals surface area contributed by atoms with Crippen LogP contribution in [-0.4, -0.2) is 32.2 Å². The number of fused-ring (bicyclic) bond motifs is 1. The normalized spacial score (nSPS) is 23.9. The van der Waals surface area contributed by atoms with E-state index >= 15 is 0 Å². The number of piperidine rings is 1. The van der Waals surface area contributed by atoms with Crippen LogP contribution >= 0.6 is 0 Å². The molecule has 0 amide bonds. The second kappa shape index (κ2) is 4.07. The van der Waals surface area contributed by atoms with E-state index in [1.807, 2.05) is 12.1 Å². The van der Waals surface area contributed by atoms with Gasteiger partial charge in [0.25, 0.3) is 10.0 Å². The summed E-state index contributed by atoms with van der Waals surface area (Å²) in [5.74, 6) is 0.628. The molecule has 0 bridgehead atoms. The van der Waals surface area contributed by atoms with Gasteiger partial charge >= 0.3 is 0 Å². The zero-order valence-corrected chi connectivity index (χ0v) is 12.1. The van der Waals surface area contributed by atoms with E-state index in [0.29, 0.717) is 10.7 Å². The molecule has 0 atom stereocenters. The van der Waals surface area contributed by atoms with E-state index in [1.165, 1.54) is 6.42 Å². The number of hydrogen-bond donors (Lipinski definition) is 0. The molecule has 1 fully saturated rings. The van der Waals surface area contributed by atoms with Gasteiger partial charge in [0.1, 0.15) is 4.90 Å². The van der Waals surface area contributed by atoms with Crippen LogP contribution < -0.4 is 0 Å². The zero-order valence-electron chi connectivity index (χ0n) is 11.3. The molecule has 2 aliphatic rings. The predicted octanol–water partition coefficient (Wildman–Crippen LogP) is 2.26. The minimum Gasteiger partial charge on any atom is -0.355 e. The van der Waals surface area contributed by atoms with Gasteiger partial charge in [0, 0.05) is 18.7 Å². The summed E-state index contributed by atoms with van der Waals surface area (Å²) in [5, 5.41) is 0. The van der Waals surface area contributed by atoms with Crippen molar-refractivity contribution < 1.29 is 8.42 Å². The lowest BCUT2D eigenvalue weighted by Crippen LogP contribution is -2.43. The van der Waals surface area contributed by atoms with Crippen molar-refractivity contribution in [1.29, 1.82) is 0 Å². The summed E-state index contributed by atoms with van der Waals surface area (Å²) < 4.78 is 28.1. The van der Waals surface area contributed by atoms with E-state index in [4.69, 9.17) is 0 Å². The third-order valence-electron chi connectivity index (χ3n) is 3.81. The fourth-order valence-corrected chi connectivity index (χ4v) is 4.15. The van der Waals surface area contributed by atoms with E-state index in [0.717, 1.165) is 25.1 Å². The SMILES string of the molecule is CC1(C)CCCN(C2=NS(=O)(=O)c3ccccc32)C1. The summed E-state index contributed by atoms with van der Waals surface area (Å²) in [4.78, 5) is 2.46. The molecule has 1 aromatic carbocycles. The highest BCUT2D eigenvalue weighted by Gasteiger charge is 2.35. The van der Waals surface area contributed by atoms with Crippen LogP contribution in [0, 0.1) is 5.41 Å². The van der Waals surface area contributed by atoms with Crippen molar-refractivity contribution >= 4 is 15.9 Å². The van der Waals surface area contributed by atoms with Crippen molar-refractivity contribution in [3.8, 4) is 0 Å². The molecule has 0 radical (unpaired) electrons. The van der Waals surface area contributed by atoms with Crippen molar-refractivity contribution in [1.82, 2.24) is 4.90 Å². The molecule has 0 aromatic heterocycles. The van der Waals surface area contributed by atoms with Crippen molar-refractivity contribution in [2.24, 2.45) is 9.81 Å². The Hall–Kier alpha value is -1.36. The lowest BCUT2D eigenvalue weighted by Gasteiger charge is -2.39. The summed E-state index contributed by atoms with van der Waals surface area (Å²) in [6.07, 6.45) is 2.25. The molecule has 0 unspecified atom stereocenters. The van der Waals surface area contributed by atoms with Gasteiger partial charge in [0.05, 0.1) is 0 Å². The van der Waals surface area contributed by atoms with Crippen LogP contribution in [0.3, 0.4) is 0 Å². The number of nitrogens with zero attached hydrogens (tertiary/aromatic N) is 2. The molecule has 0 saturated carbocycles. The molecule has 3 rings (SSSR count). The first-order chi connectivity index (χ1) is 8.89. The van der Waals surface area contributed by atoms with Gasteiger partial charge in [-0.05, 0) is 30.4 Å². The Labute approximate surface area is 114 Å². The van der Waals surface area contributed by atoms with Gasteiger partial charge in [-0.15, -0.1) is 4.40 Å². The molecule has 19 heavy (non-hydrogen) atoms. The van der Waals surface area contributed by atoms with E-state index in [1.54, 1.807) is 12.1 Å². The van der Waals surface area contributed by atoms with Crippen molar-refractivity contribution in [3.63, 3.8) is 0 Å². The van der Waals surface area contributed by atoms with Gasteiger partial charge in [0.2, 0.25) is 0 Å². The van der Waals surface area contributed by atoms with E-state index in [-0.39, 0.29) is 5.41 Å². The minimum absolute atomic E-state index is 0.210. The summed E-state index contributed by atoms with van der Waals surface area (Å²) in [6.45, 7) is 6.17. The van der Waals surface area contributed by atoms with Gasteiger partial charge in [-0.2, -0.15) is 8.42 Å². The molecule has 1 saturated heterocycles. The Morgan fingerprint density at radius 3 is 2.74 bits per heavy atom. The Balaban J connectivity index is 2.03. The number of amidine groups is 1. The molecule has 0 spiro atoms. The van der Waals surface area contributed by atoms with E-state index in [2.05, 4.69) is 23.1 Å². The van der Waals surface area contributed by atoms with Gasteiger partial charge in [0.15, 0.2) is 5.84 Å². The molecule has 4 nitrogen and oxygen atoms in total. The highest BCUT2D eigenvalue weighted by Crippen LogP contribution is 2.33. The molecule has 102 valence electrons. The molecule has 0 N–H and O–H groups in total. The van der Waals surface area contributed by atoms with Crippen molar-refractivity contribution in [2.45, 2.75) is 31.6 Å². The number of rotatable bonds is 0. The summed E-state index contributed by atoms with van der Waals surface area (Å²) in [5.41, 5.74) is 0.961. The molecule has 0 aliphatic carbocycles. The van der Waals surface area contributed by atoms with Crippen molar-refractivity contribution in [3.05, 3.63) is 29.8 Å². The van der Waals surface area contributed by atoms with Gasteiger partial charge in [-0.3, -0.25) is 0 Å². The lowest BCUT2D eigenvalue weighted by molar-refractivity contribution is 0.179. The van der Waals surface area contributed by atoms with Gasteiger partial charge in [-0.1, -0.05) is 26.0 Å². The monoisotopic (exact) mass is 278 g/mol. The second-order valence-electron chi connectivity index (χ2n) is 6.08. The van der Waals surface area contributed by atoms with E-state index in [9.17, 15) is 8.42 Å². The van der Waals surface area contributed by atoms with E-state index < -0.39 is 10.0 Å². The molecule has 2 heterocycles. The van der Waals surface area contributed by atoms with Gasteiger partial charge in [-0.25, -0.2) is 0 Å². The quantitative estimate of drug-likeness (QED) is 0.731. The topological polar surface area (TPSA) is 49.7 Å². The highest BCUT2D eigenvalue weighted by atomic mass is 32.2. The zero-order chi connectivity index (χ0) is 13.7. The third kappa shape index (κ3) is 2.16. The van der Waals surface area contributed by atoms with Crippen LogP contribution in [0.1, 0.15) is 32.3 Å². The first-order valence-electron chi connectivity index (χ1n) is 6.58. The Bertz CT molecular complexity index is 647. The first-order valence-corrected chi connectivity index (χ1v) is 8.02. The largest absolute Gasteiger partial charge is 0.355 e. The number of hydrogen-bond acceptors (Lipinski definition) is 3. The van der Waals surface area contributed by atoms with Crippen LogP contribution in [0.2, 0.25) is 0 Å². The molecule has 5 heteroatoms. The van der Waals surface area contributed by atoms with Crippen LogP contribution in [0.5, 0.6) is 0 Å². The summed E-state index contributed by atoms with van der Waals surface area (Å²) in [6, 6.07) is 7.09. The van der Waals surface area contributed by atoms with Crippen molar-refractivity contribution in [2.75, 3.05) is 13.1 Å². The maximum Gasteiger partial charge on any atom is 0.285 e. The van der Waals surface area contributed by atoms with Gasteiger partial charge < -0.3 is 4.90 Å². The number of benzene rings is 1. The Morgan fingerprint density at radius 1 is 1.26 bits per heavy atom. The standard InChI is InChI=1S/C14H18N2O2S/c1-14(2)8-5-9-16(10-14)13-11-6-3-4-7-12(11)19(17,18)15-13/h3-4,6-7H,5,8-10H2,1-2H3. The Kier molecular flexibility index (Phi) is 2.71. The predicted molar refractivity (Wildman–Crippen MR) is 74.8 cm³/mol. The minimum atomic E-state index is -3.50. The summed E-state index contributed by atoms with van der Waals surface area (Å²) in [7, 11) is -3.50. The summed E-state index contributed by atoms with van der Waals surface area (Å²) >= 11 is 0. The smallest absolute Gasteiger partial charge is 0.285 e. The highest BCUT2D eigenvalue weighted by molar-refractivity contribution is 7.90. The fourth-order valence-electron chi connectivity index (χ4n) is 2.92. The Morgan fingerprint density at radius 2 is 2.00 bits per heavy atom. The van der Waals surface area contributed by atoms with Crippen LogP contribution in [0.4, 0.5) is 0 Å². The average molecular weight is 278 g/mol. The average Bonchev–Trinajstić information content (AvgIpc) is 2.61.